The Morgan fingerprint density at radius 3 is 2.86 bits per heavy atom. The van der Waals surface area contributed by atoms with E-state index in [4.69, 9.17) is 9.26 Å². The van der Waals surface area contributed by atoms with Gasteiger partial charge in [-0.1, -0.05) is 17.3 Å². The zero-order chi connectivity index (χ0) is 14.5. The standard InChI is InChI=1S/C17H22N2O2/c1-13-9-15(19-21-13)12-18-11-14-5-4-8-17(10-14)20-16-6-2-3-7-16/h4-5,8-10,16,18H,2-3,6-7,11-12H2,1H3. The first kappa shape index (κ1) is 14.1. The summed E-state index contributed by atoms with van der Waals surface area (Å²) in [5.74, 6) is 1.83. The van der Waals surface area contributed by atoms with Crippen molar-refractivity contribution >= 4 is 0 Å². The van der Waals surface area contributed by atoms with Crippen molar-refractivity contribution in [3.8, 4) is 5.75 Å². The van der Waals surface area contributed by atoms with Crippen LogP contribution in [0.4, 0.5) is 0 Å². The molecule has 1 heterocycles. The first-order valence-electron chi connectivity index (χ1n) is 7.68. The molecule has 0 amide bonds. The number of ether oxygens (including phenoxy) is 1. The second kappa shape index (κ2) is 6.76. The number of hydrogen-bond acceptors (Lipinski definition) is 4. The van der Waals surface area contributed by atoms with E-state index >= 15 is 0 Å². The molecule has 0 radical (unpaired) electrons. The average Bonchev–Trinajstić information content (AvgIpc) is 3.11. The minimum atomic E-state index is 0.409. The highest BCUT2D eigenvalue weighted by Gasteiger charge is 2.16. The quantitative estimate of drug-likeness (QED) is 0.881. The molecule has 4 heteroatoms. The van der Waals surface area contributed by atoms with E-state index in [9.17, 15) is 0 Å². The Kier molecular flexibility index (Phi) is 4.55. The largest absolute Gasteiger partial charge is 0.490 e. The lowest BCUT2D eigenvalue weighted by Crippen LogP contribution is -2.14. The molecule has 0 spiro atoms. The Morgan fingerprint density at radius 2 is 2.10 bits per heavy atom. The highest BCUT2D eigenvalue weighted by Crippen LogP contribution is 2.24. The van der Waals surface area contributed by atoms with Gasteiger partial charge in [-0.2, -0.15) is 0 Å². The maximum atomic E-state index is 6.03. The lowest BCUT2D eigenvalue weighted by Gasteiger charge is -2.14. The summed E-state index contributed by atoms with van der Waals surface area (Å²) in [7, 11) is 0. The van der Waals surface area contributed by atoms with E-state index in [-0.39, 0.29) is 0 Å². The van der Waals surface area contributed by atoms with E-state index in [1.807, 2.05) is 19.1 Å². The number of hydrogen-bond donors (Lipinski definition) is 1. The molecule has 3 rings (SSSR count). The van der Waals surface area contributed by atoms with Crippen LogP contribution in [0.1, 0.15) is 42.7 Å². The van der Waals surface area contributed by atoms with Gasteiger partial charge >= 0.3 is 0 Å². The molecule has 1 aromatic heterocycles. The number of aryl methyl sites for hydroxylation is 1. The fraction of sp³-hybridized carbons (Fsp3) is 0.471. The third-order valence-corrected chi connectivity index (χ3v) is 3.82. The minimum absolute atomic E-state index is 0.409. The van der Waals surface area contributed by atoms with Crippen molar-refractivity contribution in [3.05, 3.63) is 47.3 Å². The van der Waals surface area contributed by atoms with E-state index in [0.717, 1.165) is 23.7 Å². The van der Waals surface area contributed by atoms with E-state index in [0.29, 0.717) is 12.6 Å². The van der Waals surface area contributed by atoms with Crippen molar-refractivity contribution in [2.75, 3.05) is 0 Å². The molecule has 1 fully saturated rings. The SMILES string of the molecule is Cc1cc(CNCc2cccc(OC3CCCC3)c2)no1. The molecule has 1 N–H and O–H groups in total. The van der Waals surface area contributed by atoms with Gasteiger partial charge in [0, 0.05) is 19.2 Å². The smallest absolute Gasteiger partial charge is 0.133 e. The maximum absolute atomic E-state index is 6.03. The van der Waals surface area contributed by atoms with Crippen LogP contribution in [0, 0.1) is 6.92 Å². The summed E-state index contributed by atoms with van der Waals surface area (Å²) in [6, 6.07) is 10.3. The Morgan fingerprint density at radius 1 is 1.24 bits per heavy atom. The van der Waals surface area contributed by atoms with Crippen molar-refractivity contribution in [1.29, 1.82) is 0 Å². The van der Waals surface area contributed by atoms with Crippen LogP contribution in [0.25, 0.3) is 0 Å². The van der Waals surface area contributed by atoms with E-state index in [1.54, 1.807) is 0 Å². The van der Waals surface area contributed by atoms with Gasteiger partial charge < -0.3 is 14.6 Å². The molecule has 4 nitrogen and oxygen atoms in total. The van der Waals surface area contributed by atoms with Crippen LogP contribution in [0.15, 0.2) is 34.9 Å². The zero-order valence-corrected chi connectivity index (χ0v) is 12.5. The Balaban J connectivity index is 1.50. The average molecular weight is 286 g/mol. The molecule has 0 saturated heterocycles. The minimum Gasteiger partial charge on any atom is -0.490 e. The topological polar surface area (TPSA) is 47.3 Å². The summed E-state index contributed by atoms with van der Waals surface area (Å²) in [4.78, 5) is 0. The maximum Gasteiger partial charge on any atom is 0.133 e. The van der Waals surface area contributed by atoms with Crippen molar-refractivity contribution in [2.24, 2.45) is 0 Å². The summed E-state index contributed by atoms with van der Waals surface area (Å²) >= 11 is 0. The van der Waals surface area contributed by atoms with Gasteiger partial charge in [0.2, 0.25) is 0 Å². The summed E-state index contributed by atoms with van der Waals surface area (Å²) in [6.07, 6.45) is 5.37. The van der Waals surface area contributed by atoms with Gasteiger partial charge in [0.15, 0.2) is 0 Å². The lowest BCUT2D eigenvalue weighted by atomic mass is 10.2. The fourth-order valence-electron chi connectivity index (χ4n) is 2.76. The summed E-state index contributed by atoms with van der Waals surface area (Å²) in [6.45, 7) is 3.42. The van der Waals surface area contributed by atoms with E-state index in [1.165, 1.54) is 31.2 Å². The Bertz CT molecular complexity index is 574. The monoisotopic (exact) mass is 286 g/mol. The third-order valence-electron chi connectivity index (χ3n) is 3.82. The molecule has 2 aromatic rings. The fourth-order valence-corrected chi connectivity index (χ4v) is 2.76. The molecule has 1 saturated carbocycles. The highest BCUT2D eigenvalue weighted by atomic mass is 16.5. The molecule has 0 bridgehead atoms. The molecule has 21 heavy (non-hydrogen) atoms. The van der Waals surface area contributed by atoms with Gasteiger partial charge in [-0.25, -0.2) is 0 Å². The third kappa shape index (κ3) is 4.08. The van der Waals surface area contributed by atoms with Gasteiger partial charge in [-0.3, -0.25) is 0 Å². The van der Waals surface area contributed by atoms with Crippen LogP contribution >= 0.6 is 0 Å². The van der Waals surface area contributed by atoms with E-state index < -0.39 is 0 Å². The summed E-state index contributed by atoms with van der Waals surface area (Å²) in [5.41, 5.74) is 2.16. The predicted molar refractivity (Wildman–Crippen MR) is 81.1 cm³/mol. The molecule has 0 aliphatic heterocycles. The first-order valence-corrected chi connectivity index (χ1v) is 7.68. The molecule has 0 unspecified atom stereocenters. The molecule has 1 aromatic carbocycles. The van der Waals surface area contributed by atoms with E-state index in [2.05, 4.69) is 28.7 Å². The molecule has 1 aliphatic carbocycles. The second-order valence-corrected chi connectivity index (χ2v) is 5.70. The lowest BCUT2D eigenvalue weighted by molar-refractivity contribution is 0.210. The number of benzene rings is 1. The van der Waals surface area contributed by atoms with Crippen molar-refractivity contribution in [3.63, 3.8) is 0 Å². The van der Waals surface area contributed by atoms with Crippen LogP contribution < -0.4 is 10.1 Å². The van der Waals surface area contributed by atoms with Crippen LogP contribution in [0.2, 0.25) is 0 Å². The van der Waals surface area contributed by atoms with Crippen LogP contribution in [0.5, 0.6) is 5.75 Å². The highest BCUT2D eigenvalue weighted by molar-refractivity contribution is 5.28. The van der Waals surface area contributed by atoms with Gasteiger partial charge in [-0.05, 0) is 50.3 Å². The van der Waals surface area contributed by atoms with Crippen LogP contribution in [-0.2, 0) is 13.1 Å². The first-order chi connectivity index (χ1) is 10.3. The summed E-state index contributed by atoms with van der Waals surface area (Å²) in [5, 5.41) is 7.34. The molecule has 0 atom stereocenters. The second-order valence-electron chi connectivity index (χ2n) is 5.70. The zero-order valence-electron chi connectivity index (χ0n) is 12.5. The van der Waals surface area contributed by atoms with Crippen molar-refractivity contribution in [1.82, 2.24) is 10.5 Å². The number of nitrogens with zero attached hydrogens (tertiary/aromatic N) is 1. The molecular weight excluding hydrogens is 264 g/mol. The Hall–Kier alpha value is -1.81. The van der Waals surface area contributed by atoms with Gasteiger partial charge in [0.25, 0.3) is 0 Å². The molecule has 1 aliphatic rings. The van der Waals surface area contributed by atoms with Crippen LogP contribution in [0.3, 0.4) is 0 Å². The van der Waals surface area contributed by atoms with Crippen LogP contribution in [-0.4, -0.2) is 11.3 Å². The number of aromatic nitrogens is 1. The molecule has 112 valence electrons. The van der Waals surface area contributed by atoms with Crippen molar-refractivity contribution < 1.29 is 9.26 Å². The van der Waals surface area contributed by atoms with Crippen molar-refractivity contribution in [2.45, 2.75) is 51.8 Å². The number of nitrogens with one attached hydrogen (secondary N) is 1. The Labute approximate surface area is 125 Å². The van der Waals surface area contributed by atoms with Gasteiger partial charge in [0.1, 0.15) is 11.5 Å². The predicted octanol–water partition coefficient (Wildman–Crippen LogP) is 3.59. The number of rotatable bonds is 6. The molecular formula is C17H22N2O2. The summed E-state index contributed by atoms with van der Waals surface area (Å²) < 4.78 is 11.1. The normalized spacial score (nSPS) is 15.5. The van der Waals surface area contributed by atoms with Gasteiger partial charge in [0.05, 0.1) is 11.8 Å². The van der Waals surface area contributed by atoms with Gasteiger partial charge in [-0.15, -0.1) is 0 Å².